The molecule has 0 aliphatic rings. The lowest BCUT2D eigenvalue weighted by molar-refractivity contribution is -0.124. The summed E-state index contributed by atoms with van der Waals surface area (Å²) in [6.07, 6.45) is 0.266. The second-order valence-electron chi connectivity index (χ2n) is 3.75. The van der Waals surface area contributed by atoms with E-state index in [0.717, 1.165) is 5.56 Å². The Hall–Kier alpha value is -1.62. The van der Waals surface area contributed by atoms with Gasteiger partial charge in [0.1, 0.15) is 11.6 Å². The summed E-state index contributed by atoms with van der Waals surface area (Å²) in [4.78, 5) is 11.0. The van der Waals surface area contributed by atoms with Gasteiger partial charge in [-0.15, -0.1) is 0 Å². The van der Waals surface area contributed by atoms with Crippen LogP contribution in [0.5, 0.6) is 5.75 Å². The number of nitrogens with two attached hydrogens (primary N) is 2. The average molecular weight is 240 g/mol. The summed E-state index contributed by atoms with van der Waals surface area (Å²) in [5.74, 6) is -0.665. The summed E-state index contributed by atoms with van der Waals surface area (Å²) in [5.41, 5.74) is 11.3. The van der Waals surface area contributed by atoms with Crippen LogP contribution in [0.3, 0.4) is 0 Å². The van der Waals surface area contributed by atoms with E-state index in [2.05, 4.69) is 0 Å². The van der Waals surface area contributed by atoms with Crippen LogP contribution in [0.4, 0.5) is 4.39 Å². The van der Waals surface area contributed by atoms with Gasteiger partial charge in [0.25, 0.3) is 5.91 Å². The summed E-state index contributed by atoms with van der Waals surface area (Å²) >= 11 is 0. The highest BCUT2D eigenvalue weighted by Gasteiger charge is 2.15. The van der Waals surface area contributed by atoms with Gasteiger partial charge in [-0.2, -0.15) is 0 Å². The van der Waals surface area contributed by atoms with Crippen molar-refractivity contribution in [3.05, 3.63) is 29.6 Å². The summed E-state index contributed by atoms with van der Waals surface area (Å²) in [6, 6.07) is 4.29. The van der Waals surface area contributed by atoms with Gasteiger partial charge in [-0.05, 0) is 37.1 Å². The van der Waals surface area contributed by atoms with Crippen molar-refractivity contribution in [2.45, 2.75) is 25.9 Å². The number of carbonyl (C=O) groups is 1. The molecule has 4 nitrogen and oxygen atoms in total. The van der Waals surface area contributed by atoms with E-state index in [1.807, 2.05) is 0 Å². The molecule has 1 aromatic rings. The van der Waals surface area contributed by atoms with Gasteiger partial charge in [0.15, 0.2) is 6.10 Å². The minimum atomic E-state index is -0.734. The molecule has 1 aromatic carbocycles. The van der Waals surface area contributed by atoms with Crippen LogP contribution in [0, 0.1) is 5.82 Å². The molecule has 0 aromatic heterocycles. The number of amides is 1. The quantitative estimate of drug-likeness (QED) is 0.777. The lowest BCUT2D eigenvalue weighted by atomic mass is 10.1. The first-order chi connectivity index (χ1) is 8.06. The largest absolute Gasteiger partial charge is 0.481 e. The van der Waals surface area contributed by atoms with E-state index in [0.29, 0.717) is 25.1 Å². The first-order valence-corrected chi connectivity index (χ1v) is 5.52. The molecule has 0 aliphatic heterocycles. The molecule has 0 radical (unpaired) electrons. The molecular formula is C12H17FN2O2. The van der Waals surface area contributed by atoms with Crippen molar-refractivity contribution in [1.29, 1.82) is 0 Å². The Kier molecular flexibility index (Phi) is 4.90. The van der Waals surface area contributed by atoms with Gasteiger partial charge < -0.3 is 16.2 Å². The zero-order chi connectivity index (χ0) is 12.8. The number of carbonyl (C=O) groups excluding carboxylic acids is 1. The Morgan fingerprint density at radius 3 is 2.71 bits per heavy atom. The number of primary amides is 1. The number of hydrogen-bond acceptors (Lipinski definition) is 3. The predicted molar refractivity (Wildman–Crippen MR) is 63.1 cm³/mol. The molecule has 0 aliphatic carbocycles. The van der Waals surface area contributed by atoms with Crippen LogP contribution < -0.4 is 16.2 Å². The smallest absolute Gasteiger partial charge is 0.258 e. The van der Waals surface area contributed by atoms with E-state index in [1.54, 1.807) is 13.0 Å². The minimum Gasteiger partial charge on any atom is -0.481 e. The third-order valence-corrected chi connectivity index (χ3v) is 2.33. The van der Waals surface area contributed by atoms with E-state index in [4.69, 9.17) is 16.2 Å². The monoisotopic (exact) mass is 240 g/mol. The normalized spacial score (nSPS) is 12.2. The number of ether oxygens (including phenoxy) is 1. The molecule has 94 valence electrons. The summed E-state index contributed by atoms with van der Waals surface area (Å²) in [5, 5.41) is 0. The second-order valence-corrected chi connectivity index (χ2v) is 3.75. The van der Waals surface area contributed by atoms with Crippen LogP contribution in [0.15, 0.2) is 18.2 Å². The lowest BCUT2D eigenvalue weighted by Crippen LogP contribution is -2.33. The highest BCUT2D eigenvalue weighted by Crippen LogP contribution is 2.18. The van der Waals surface area contributed by atoms with Crippen molar-refractivity contribution in [3.8, 4) is 5.75 Å². The van der Waals surface area contributed by atoms with Crippen LogP contribution in [0.2, 0.25) is 0 Å². The Bertz CT molecular complexity index is 396. The third kappa shape index (κ3) is 4.03. The summed E-state index contributed by atoms with van der Waals surface area (Å²) < 4.78 is 18.6. The minimum absolute atomic E-state index is 0.305. The Balaban J connectivity index is 2.86. The molecule has 1 atom stereocenters. The molecule has 1 rings (SSSR count). The van der Waals surface area contributed by atoms with Gasteiger partial charge in [0.05, 0.1) is 0 Å². The first kappa shape index (κ1) is 13.4. The molecule has 4 N–H and O–H groups in total. The Morgan fingerprint density at radius 2 is 2.18 bits per heavy atom. The molecule has 0 heterocycles. The number of benzene rings is 1. The van der Waals surface area contributed by atoms with E-state index >= 15 is 0 Å². The molecule has 0 saturated carbocycles. The van der Waals surface area contributed by atoms with Gasteiger partial charge in [-0.1, -0.05) is 6.92 Å². The van der Waals surface area contributed by atoms with Gasteiger partial charge >= 0.3 is 0 Å². The van der Waals surface area contributed by atoms with Gasteiger partial charge in [0.2, 0.25) is 0 Å². The van der Waals surface area contributed by atoms with Crippen LogP contribution in [-0.2, 0) is 11.2 Å². The van der Waals surface area contributed by atoms with Crippen molar-refractivity contribution in [2.75, 3.05) is 6.54 Å². The molecule has 1 unspecified atom stereocenters. The highest BCUT2D eigenvalue weighted by atomic mass is 19.1. The maximum Gasteiger partial charge on any atom is 0.258 e. The third-order valence-electron chi connectivity index (χ3n) is 2.33. The Morgan fingerprint density at radius 1 is 1.47 bits per heavy atom. The zero-order valence-corrected chi connectivity index (χ0v) is 9.78. The molecule has 0 fully saturated rings. The average Bonchev–Trinajstić information content (AvgIpc) is 2.25. The van der Waals surface area contributed by atoms with Gasteiger partial charge in [-0.3, -0.25) is 4.79 Å². The van der Waals surface area contributed by atoms with Crippen molar-refractivity contribution in [2.24, 2.45) is 11.5 Å². The van der Waals surface area contributed by atoms with E-state index in [-0.39, 0.29) is 0 Å². The van der Waals surface area contributed by atoms with Gasteiger partial charge in [0, 0.05) is 6.07 Å². The first-order valence-electron chi connectivity index (χ1n) is 5.52. The van der Waals surface area contributed by atoms with Crippen LogP contribution >= 0.6 is 0 Å². The van der Waals surface area contributed by atoms with Crippen LogP contribution in [0.1, 0.15) is 18.9 Å². The highest BCUT2D eigenvalue weighted by molar-refractivity contribution is 5.79. The number of rotatable bonds is 6. The zero-order valence-electron chi connectivity index (χ0n) is 9.78. The van der Waals surface area contributed by atoms with Crippen LogP contribution in [0.25, 0.3) is 0 Å². The molecule has 17 heavy (non-hydrogen) atoms. The molecule has 5 heteroatoms. The maximum absolute atomic E-state index is 13.3. The fourth-order valence-corrected chi connectivity index (χ4v) is 1.51. The summed E-state index contributed by atoms with van der Waals surface area (Å²) in [6.45, 7) is 2.20. The Labute approximate surface area is 99.7 Å². The molecular weight excluding hydrogens is 223 g/mol. The topological polar surface area (TPSA) is 78.3 Å². The second kappa shape index (κ2) is 6.20. The van der Waals surface area contributed by atoms with Gasteiger partial charge in [-0.25, -0.2) is 4.39 Å². The van der Waals surface area contributed by atoms with E-state index < -0.39 is 17.8 Å². The standard InChI is InChI=1S/C12H17FN2O2/c1-2-11(12(15)16)17-10-6-8(3-4-14)5-9(13)7-10/h5-7,11H,2-4,14H2,1H3,(H2,15,16). The molecule has 0 bridgehead atoms. The molecule has 0 spiro atoms. The van der Waals surface area contributed by atoms with Crippen molar-refractivity contribution >= 4 is 5.91 Å². The molecule has 0 saturated heterocycles. The van der Waals surface area contributed by atoms with E-state index in [9.17, 15) is 9.18 Å². The number of halogens is 1. The van der Waals surface area contributed by atoms with E-state index in [1.165, 1.54) is 12.1 Å². The lowest BCUT2D eigenvalue weighted by Gasteiger charge is -2.14. The maximum atomic E-state index is 13.3. The fraction of sp³-hybridized carbons (Fsp3) is 0.417. The fourth-order valence-electron chi connectivity index (χ4n) is 1.51. The van der Waals surface area contributed by atoms with Crippen molar-refractivity contribution in [1.82, 2.24) is 0 Å². The van der Waals surface area contributed by atoms with Crippen LogP contribution in [-0.4, -0.2) is 18.6 Å². The van der Waals surface area contributed by atoms with Crippen molar-refractivity contribution in [3.63, 3.8) is 0 Å². The summed E-state index contributed by atoms with van der Waals surface area (Å²) in [7, 11) is 0. The predicted octanol–water partition coefficient (Wildman–Crippen LogP) is 0.970. The SMILES string of the molecule is CCC(Oc1cc(F)cc(CCN)c1)C(N)=O. The molecule has 1 amide bonds. The number of hydrogen-bond donors (Lipinski definition) is 2. The van der Waals surface area contributed by atoms with Crippen molar-refractivity contribution < 1.29 is 13.9 Å².